The average Bonchev–Trinajstić information content (AvgIpc) is 3.16. The fraction of sp³-hybridized carbons (Fsp3) is 0.391. The highest BCUT2D eigenvalue weighted by Crippen LogP contribution is 2.58. The van der Waals surface area contributed by atoms with E-state index in [0.717, 1.165) is 11.1 Å². The van der Waals surface area contributed by atoms with Crippen LogP contribution in [0.25, 0.3) is 0 Å². The highest BCUT2D eigenvalue weighted by Gasteiger charge is 2.58. The zero-order chi connectivity index (χ0) is 21.6. The first-order chi connectivity index (χ1) is 14.3. The zero-order valence-electron chi connectivity index (χ0n) is 17.8. The third-order valence-corrected chi connectivity index (χ3v) is 7.34. The van der Waals surface area contributed by atoms with Crippen molar-refractivity contribution < 1.29 is 19.1 Å². The molecule has 2 heterocycles. The molecule has 1 N–H and O–H groups in total. The minimum absolute atomic E-state index is 0.154. The van der Waals surface area contributed by atoms with Gasteiger partial charge in [0.1, 0.15) is 11.4 Å². The number of hydrogen-bond acceptors (Lipinski definition) is 5. The van der Waals surface area contributed by atoms with Crippen molar-refractivity contribution in [3.05, 3.63) is 59.2 Å². The molecule has 0 saturated carbocycles. The van der Waals surface area contributed by atoms with Crippen LogP contribution >= 0.6 is 11.8 Å². The number of nitrogens with one attached hydrogen (secondary N) is 1. The van der Waals surface area contributed by atoms with Gasteiger partial charge in [-0.25, -0.2) is 0 Å². The monoisotopic (exact) mass is 426 g/mol. The van der Waals surface area contributed by atoms with E-state index in [4.69, 9.17) is 9.47 Å². The second kappa shape index (κ2) is 7.54. The Kier molecular flexibility index (Phi) is 5.18. The van der Waals surface area contributed by atoms with Crippen molar-refractivity contribution in [2.24, 2.45) is 0 Å². The molecule has 0 radical (unpaired) electrons. The molecule has 0 bridgehead atoms. The molecule has 2 aromatic rings. The first kappa shape index (κ1) is 20.6. The Morgan fingerprint density at radius 1 is 1.13 bits per heavy atom. The maximum atomic E-state index is 13.5. The van der Waals surface area contributed by atoms with Crippen LogP contribution in [0.2, 0.25) is 0 Å². The van der Waals surface area contributed by atoms with Crippen molar-refractivity contribution >= 4 is 23.6 Å². The van der Waals surface area contributed by atoms with Gasteiger partial charge in [0.25, 0.3) is 5.91 Å². The number of nitrogens with zero attached hydrogens (tertiary/aromatic N) is 1. The Balaban J connectivity index is 1.67. The minimum atomic E-state index is -0.603. The normalized spacial score (nSPS) is 22.3. The van der Waals surface area contributed by atoms with Crippen LogP contribution in [-0.2, 0) is 4.79 Å². The fourth-order valence-electron chi connectivity index (χ4n) is 4.37. The number of benzene rings is 2. The summed E-state index contributed by atoms with van der Waals surface area (Å²) in [6, 6.07) is 12.8. The Morgan fingerprint density at radius 3 is 2.47 bits per heavy atom. The van der Waals surface area contributed by atoms with Crippen LogP contribution in [0.3, 0.4) is 0 Å². The van der Waals surface area contributed by atoms with Crippen LogP contribution in [0, 0.1) is 0 Å². The summed E-state index contributed by atoms with van der Waals surface area (Å²) in [6.45, 7) is 5.98. The first-order valence-corrected chi connectivity index (χ1v) is 10.8. The highest BCUT2D eigenvalue weighted by atomic mass is 32.2. The van der Waals surface area contributed by atoms with Gasteiger partial charge in [-0.3, -0.25) is 9.59 Å². The third-order valence-electron chi connectivity index (χ3n) is 5.80. The minimum Gasteiger partial charge on any atom is -0.493 e. The predicted molar refractivity (Wildman–Crippen MR) is 117 cm³/mol. The Labute approximate surface area is 180 Å². The second-order valence-electron chi connectivity index (χ2n) is 8.09. The van der Waals surface area contributed by atoms with Crippen molar-refractivity contribution in [3.63, 3.8) is 0 Å². The Hall–Kier alpha value is -2.67. The first-order valence-electron chi connectivity index (χ1n) is 9.90. The van der Waals surface area contributed by atoms with Gasteiger partial charge >= 0.3 is 0 Å². The molecule has 0 unspecified atom stereocenters. The topological polar surface area (TPSA) is 67.9 Å². The molecule has 2 aromatic carbocycles. The van der Waals surface area contributed by atoms with Gasteiger partial charge in [-0.05, 0) is 32.4 Å². The lowest BCUT2D eigenvalue weighted by Gasteiger charge is -2.30. The van der Waals surface area contributed by atoms with Crippen molar-refractivity contribution in [1.29, 1.82) is 0 Å². The number of carbonyl (C=O) groups excluding carboxylic acids is 2. The van der Waals surface area contributed by atoms with E-state index in [9.17, 15) is 9.59 Å². The molecule has 2 amide bonds. The lowest BCUT2D eigenvalue weighted by molar-refractivity contribution is -0.126. The molecule has 6 nitrogen and oxygen atoms in total. The highest BCUT2D eigenvalue weighted by molar-refractivity contribution is 8.01. The standard InChI is InChI=1S/C23H26N2O4S/c1-13(14-9-7-6-8-10-14)24-20(26)19-23(2,3)30-22-15-11-12-16(28-4)18(29-5)17(15)21(27)25(19)22/h6-13,19,22H,1-5H3,(H,24,26)/t13-,19-,22-/m0/s1. The second-order valence-corrected chi connectivity index (χ2v) is 9.83. The summed E-state index contributed by atoms with van der Waals surface area (Å²) >= 11 is 1.62. The summed E-state index contributed by atoms with van der Waals surface area (Å²) in [7, 11) is 3.07. The summed E-state index contributed by atoms with van der Waals surface area (Å²) in [5, 5.41) is 2.87. The number of ether oxygens (including phenoxy) is 2. The molecular formula is C23H26N2O4S. The fourth-order valence-corrected chi connectivity index (χ4v) is 5.95. The van der Waals surface area contributed by atoms with Gasteiger partial charge in [-0.1, -0.05) is 36.4 Å². The van der Waals surface area contributed by atoms with Gasteiger partial charge in [0.15, 0.2) is 11.5 Å². The molecular weight excluding hydrogens is 400 g/mol. The van der Waals surface area contributed by atoms with E-state index < -0.39 is 10.8 Å². The smallest absolute Gasteiger partial charge is 0.260 e. The molecule has 1 saturated heterocycles. The number of fused-ring (bicyclic) bond motifs is 3. The molecule has 2 aliphatic heterocycles. The molecule has 158 valence electrons. The van der Waals surface area contributed by atoms with E-state index >= 15 is 0 Å². The van der Waals surface area contributed by atoms with Crippen molar-refractivity contribution in [3.8, 4) is 11.5 Å². The average molecular weight is 427 g/mol. The molecule has 1 fully saturated rings. The molecule has 3 atom stereocenters. The van der Waals surface area contributed by atoms with Crippen LogP contribution in [0.15, 0.2) is 42.5 Å². The van der Waals surface area contributed by atoms with Crippen LogP contribution in [0.4, 0.5) is 0 Å². The van der Waals surface area contributed by atoms with Crippen molar-refractivity contribution in [2.45, 2.75) is 43.0 Å². The van der Waals surface area contributed by atoms with E-state index in [1.165, 1.54) is 7.11 Å². The Bertz CT molecular complexity index is 992. The molecule has 7 heteroatoms. The maximum absolute atomic E-state index is 13.5. The number of thioether (sulfide) groups is 1. The summed E-state index contributed by atoms with van der Waals surface area (Å²) in [5.74, 6) is 0.577. The number of methoxy groups -OCH3 is 2. The maximum Gasteiger partial charge on any atom is 0.260 e. The quantitative estimate of drug-likeness (QED) is 0.785. The van der Waals surface area contributed by atoms with Crippen molar-refractivity contribution in [2.75, 3.05) is 14.2 Å². The van der Waals surface area contributed by atoms with Crippen LogP contribution < -0.4 is 14.8 Å². The van der Waals surface area contributed by atoms with Gasteiger partial charge < -0.3 is 19.7 Å². The largest absolute Gasteiger partial charge is 0.493 e. The van der Waals surface area contributed by atoms with Crippen molar-refractivity contribution in [1.82, 2.24) is 10.2 Å². The molecule has 4 rings (SSSR count). The number of hydrogen-bond donors (Lipinski definition) is 1. The Morgan fingerprint density at radius 2 is 1.83 bits per heavy atom. The van der Waals surface area contributed by atoms with E-state index in [1.54, 1.807) is 23.8 Å². The number of carbonyl (C=O) groups is 2. The van der Waals surface area contributed by atoms with Crippen LogP contribution in [-0.4, -0.2) is 41.7 Å². The summed E-state index contributed by atoms with van der Waals surface area (Å²) in [6.07, 6.45) is 0. The van der Waals surface area contributed by atoms with Gasteiger partial charge in [-0.2, -0.15) is 0 Å². The van der Waals surface area contributed by atoms with Crippen LogP contribution in [0.1, 0.15) is 53.7 Å². The third kappa shape index (κ3) is 3.12. The molecule has 0 spiro atoms. The van der Waals surface area contributed by atoms with E-state index in [-0.39, 0.29) is 23.2 Å². The molecule has 2 aliphatic rings. The van der Waals surface area contributed by atoms with E-state index in [2.05, 4.69) is 5.32 Å². The molecule has 0 aromatic heterocycles. The number of amides is 2. The van der Waals surface area contributed by atoms with Gasteiger partial charge in [0.05, 0.1) is 25.8 Å². The molecule has 30 heavy (non-hydrogen) atoms. The lowest BCUT2D eigenvalue weighted by atomic mass is 9.99. The summed E-state index contributed by atoms with van der Waals surface area (Å²) in [5.41, 5.74) is 2.37. The number of rotatable bonds is 5. The van der Waals surface area contributed by atoms with E-state index in [1.807, 2.05) is 63.2 Å². The summed E-state index contributed by atoms with van der Waals surface area (Å²) in [4.78, 5) is 28.6. The van der Waals surface area contributed by atoms with Gasteiger partial charge in [0, 0.05) is 10.3 Å². The zero-order valence-corrected chi connectivity index (χ0v) is 18.6. The van der Waals surface area contributed by atoms with Gasteiger partial charge in [-0.15, -0.1) is 11.8 Å². The SMILES string of the molecule is COc1ccc2c(c1OC)C(=O)N1[C@@H](C(=O)N[C@@H](C)c3ccccc3)C(C)(C)S[C@@H]21. The van der Waals surface area contributed by atoms with Crippen LogP contribution in [0.5, 0.6) is 11.5 Å². The van der Waals surface area contributed by atoms with E-state index in [0.29, 0.717) is 17.1 Å². The predicted octanol–water partition coefficient (Wildman–Crippen LogP) is 3.93. The summed E-state index contributed by atoms with van der Waals surface area (Å²) < 4.78 is 10.4. The lowest BCUT2D eigenvalue weighted by Crippen LogP contribution is -2.52. The van der Waals surface area contributed by atoms with Gasteiger partial charge in [0.2, 0.25) is 5.91 Å². The molecule has 0 aliphatic carbocycles.